The highest BCUT2D eigenvalue weighted by molar-refractivity contribution is 6.10. The molecule has 98 heavy (non-hydrogen) atoms. The van der Waals surface area contributed by atoms with Gasteiger partial charge in [-0.25, -0.2) is 0 Å². The van der Waals surface area contributed by atoms with Crippen LogP contribution < -0.4 is 29.4 Å². The lowest BCUT2D eigenvalue weighted by Crippen LogP contribution is -2.14. The normalized spacial score (nSPS) is 11.3. The van der Waals surface area contributed by atoms with Gasteiger partial charge in [0, 0.05) is 146 Å². The van der Waals surface area contributed by atoms with E-state index in [4.69, 9.17) is 0 Å². The van der Waals surface area contributed by atoms with E-state index in [1.54, 1.807) is 0 Å². The molecule has 17 rings (SSSR count). The number of H-pyrrole nitrogens is 2. The fraction of sp³-hybridized carbons (Fsp3) is 0. The van der Waals surface area contributed by atoms with Crippen LogP contribution in [0.2, 0.25) is 0 Å². The molecule has 0 spiro atoms. The maximum absolute atomic E-state index is 3.67. The van der Waals surface area contributed by atoms with Crippen LogP contribution in [0.25, 0.3) is 43.6 Å². The van der Waals surface area contributed by atoms with Crippen molar-refractivity contribution >= 4 is 146 Å². The highest BCUT2D eigenvalue weighted by Gasteiger charge is 2.23. The van der Waals surface area contributed by atoms with E-state index in [-0.39, 0.29) is 0 Å². The third-order valence-electron chi connectivity index (χ3n) is 18.4. The second kappa shape index (κ2) is 25.9. The predicted octanol–water partition coefficient (Wildman–Crippen LogP) is 25.8. The first kappa shape index (κ1) is 58.5. The molecule has 0 unspecified atom stereocenters. The summed E-state index contributed by atoms with van der Waals surface area (Å²) in [7, 11) is 0. The van der Waals surface area contributed by atoms with Crippen molar-refractivity contribution in [1.82, 2.24) is 9.97 Å². The van der Waals surface area contributed by atoms with Gasteiger partial charge >= 0.3 is 0 Å². The largest absolute Gasteiger partial charge is 0.355 e. The van der Waals surface area contributed by atoms with E-state index in [0.717, 1.165) is 124 Å². The monoisotopic (exact) mass is 1260 g/mol. The summed E-state index contributed by atoms with van der Waals surface area (Å²) in [6.07, 6.45) is 0. The van der Waals surface area contributed by atoms with Crippen molar-refractivity contribution in [3.05, 3.63) is 388 Å². The average molecular weight is 1260 g/mol. The maximum Gasteiger partial charge on any atom is 0.0469 e. The van der Waals surface area contributed by atoms with Gasteiger partial charge < -0.3 is 39.4 Å². The second-order valence-electron chi connectivity index (χ2n) is 24.4. The molecular weight excluding hydrogens is 1190 g/mol. The van der Waals surface area contributed by atoms with Crippen molar-refractivity contribution in [3.63, 3.8) is 0 Å². The number of nitrogens with one attached hydrogen (secondary N) is 2. The van der Waals surface area contributed by atoms with Crippen molar-refractivity contribution in [2.24, 2.45) is 0 Å². The molecule has 466 valence electrons. The summed E-state index contributed by atoms with van der Waals surface area (Å²) in [5, 5.41) is 4.70. The second-order valence-corrected chi connectivity index (χ2v) is 24.4. The first-order chi connectivity index (χ1) is 48.6. The minimum absolute atomic E-state index is 1.000. The molecule has 0 bridgehead atoms. The minimum Gasteiger partial charge on any atom is -0.355 e. The number of nitrogens with zero attached hydrogens (tertiary/aromatic N) is 6. The van der Waals surface area contributed by atoms with Crippen LogP contribution >= 0.6 is 0 Å². The van der Waals surface area contributed by atoms with Crippen LogP contribution in [0.4, 0.5) is 102 Å². The van der Waals surface area contributed by atoms with E-state index in [2.05, 4.69) is 428 Å². The Morgan fingerprint density at radius 1 is 0.122 bits per heavy atom. The number of hydrogen-bond acceptors (Lipinski definition) is 6. The first-order valence-corrected chi connectivity index (χ1v) is 33.2. The van der Waals surface area contributed by atoms with Gasteiger partial charge in [-0.3, -0.25) is 0 Å². The molecule has 8 nitrogen and oxygen atoms in total. The van der Waals surface area contributed by atoms with Crippen LogP contribution in [-0.2, 0) is 0 Å². The summed E-state index contributed by atoms with van der Waals surface area (Å²) in [4.78, 5) is 21.4. The van der Waals surface area contributed by atoms with Crippen molar-refractivity contribution in [2.45, 2.75) is 0 Å². The molecule has 0 fully saturated rings. The molecule has 17 aromatic rings. The number of hydrogen-bond donors (Lipinski definition) is 2. The summed E-state index contributed by atoms with van der Waals surface area (Å²) >= 11 is 0. The van der Waals surface area contributed by atoms with Crippen LogP contribution in [0.3, 0.4) is 0 Å². The molecule has 0 aliphatic carbocycles. The number of aromatic amines is 2. The van der Waals surface area contributed by atoms with E-state index in [9.17, 15) is 0 Å². The quantitative estimate of drug-likeness (QED) is 0.0893. The SMILES string of the molecule is c1ccc(N(c2ccccc2)c2ccc(N(c3ccc(N(c4ccc(N(c5ccccc5)c5ccccc5)cc4)c4ccc5[nH]c6ccccc6c5c4)cc3)c3ccc(N(c4ccc(N(c5ccccc5)c5ccccc5)cc4)c4ccc5[nH]c6ccccc6c5c4)cc3)cc2)cc1. The Balaban J connectivity index is 0.786. The zero-order chi connectivity index (χ0) is 65.1. The summed E-state index contributed by atoms with van der Waals surface area (Å²) in [5.41, 5.74) is 23.2. The number of fused-ring (bicyclic) bond motifs is 6. The molecule has 0 aliphatic rings. The van der Waals surface area contributed by atoms with Crippen molar-refractivity contribution < 1.29 is 0 Å². The lowest BCUT2D eigenvalue weighted by Gasteiger charge is -2.31. The smallest absolute Gasteiger partial charge is 0.0469 e. The lowest BCUT2D eigenvalue weighted by atomic mass is 10.1. The van der Waals surface area contributed by atoms with Crippen LogP contribution in [0.15, 0.2) is 388 Å². The van der Waals surface area contributed by atoms with E-state index in [1.807, 2.05) is 0 Å². The lowest BCUT2D eigenvalue weighted by molar-refractivity contribution is 1.23. The van der Waals surface area contributed by atoms with Gasteiger partial charge in [-0.05, 0) is 243 Å². The average Bonchev–Trinajstić information content (AvgIpc) is 1.63. The van der Waals surface area contributed by atoms with Crippen LogP contribution in [0.1, 0.15) is 0 Å². The number of rotatable bonds is 18. The first-order valence-electron chi connectivity index (χ1n) is 33.2. The maximum atomic E-state index is 3.67. The van der Waals surface area contributed by atoms with Gasteiger partial charge in [0.2, 0.25) is 0 Å². The fourth-order valence-electron chi connectivity index (χ4n) is 13.9. The Bertz CT molecular complexity index is 5130. The van der Waals surface area contributed by atoms with E-state index < -0.39 is 0 Å². The van der Waals surface area contributed by atoms with Crippen molar-refractivity contribution in [2.75, 3.05) is 29.4 Å². The Morgan fingerprint density at radius 3 is 0.490 bits per heavy atom. The van der Waals surface area contributed by atoms with Crippen LogP contribution in [0, 0.1) is 0 Å². The van der Waals surface area contributed by atoms with E-state index >= 15 is 0 Å². The molecule has 2 aromatic heterocycles. The van der Waals surface area contributed by atoms with E-state index in [0.29, 0.717) is 0 Å². The molecule has 0 saturated heterocycles. The van der Waals surface area contributed by atoms with Gasteiger partial charge in [0.05, 0.1) is 0 Å². The van der Waals surface area contributed by atoms with Gasteiger partial charge in [0.1, 0.15) is 0 Å². The van der Waals surface area contributed by atoms with Gasteiger partial charge in [0.15, 0.2) is 0 Å². The molecule has 2 N–H and O–H groups in total. The van der Waals surface area contributed by atoms with Gasteiger partial charge in [0.25, 0.3) is 0 Å². The van der Waals surface area contributed by atoms with Crippen molar-refractivity contribution in [1.29, 1.82) is 0 Å². The number of benzene rings is 15. The topological polar surface area (TPSA) is 51.0 Å². The molecule has 8 heteroatoms. The van der Waals surface area contributed by atoms with Crippen LogP contribution in [0.5, 0.6) is 0 Å². The Kier molecular flexibility index (Phi) is 15.5. The fourth-order valence-corrected chi connectivity index (χ4v) is 13.9. The number of anilines is 18. The van der Waals surface area contributed by atoms with Crippen molar-refractivity contribution in [3.8, 4) is 0 Å². The summed E-state index contributed by atoms with van der Waals surface area (Å²) in [6, 6.07) is 139. The Labute approximate surface area is 570 Å². The molecule has 0 amide bonds. The summed E-state index contributed by atoms with van der Waals surface area (Å²) in [6.45, 7) is 0. The van der Waals surface area contributed by atoms with Crippen LogP contribution in [-0.4, -0.2) is 9.97 Å². The predicted molar refractivity (Wildman–Crippen MR) is 413 cm³/mol. The van der Waals surface area contributed by atoms with Gasteiger partial charge in [-0.2, -0.15) is 0 Å². The molecule has 15 aromatic carbocycles. The minimum atomic E-state index is 1.000. The molecule has 0 radical (unpaired) electrons. The zero-order valence-corrected chi connectivity index (χ0v) is 53.6. The highest BCUT2D eigenvalue weighted by atomic mass is 15.2. The molecular formula is C90H66N8. The molecule has 0 saturated carbocycles. The molecule has 2 heterocycles. The third kappa shape index (κ3) is 11.3. The highest BCUT2D eigenvalue weighted by Crippen LogP contribution is 2.47. The number of para-hydroxylation sites is 8. The zero-order valence-electron chi connectivity index (χ0n) is 53.6. The summed E-state index contributed by atoms with van der Waals surface area (Å²) < 4.78 is 0. The van der Waals surface area contributed by atoms with E-state index in [1.165, 1.54) is 21.5 Å². The molecule has 0 atom stereocenters. The number of aromatic nitrogens is 2. The molecule has 0 aliphatic heterocycles. The van der Waals surface area contributed by atoms with Gasteiger partial charge in [-0.1, -0.05) is 146 Å². The Hall–Kier alpha value is -13.3. The third-order valence-corrected chi connectivity index (χ3v) is 18.4. The standard InChI is InChI=1S/C90H66N8/c1-7-23-65(24-8-1)93(66-25-9-2-10-26-66)71-39-41-74(42-40-71)96(75-47-55-79(56-48-75)97(81-59-61-89-85(63-81)83-35-19-21-37-87(83)91-89)77-51-43-72(44-52-77)94(67-27-11-3-12-28-67)68-29-13-4-14-30-68)76-49-57-80(58-50-76)98(82-60-62-90-86(64-82)84-36-20-22-38-88(84)92-90)78-53-45-73(46-54-78)95(69-31-15-5-16-32-69)70-33-17-6-18-34-70/h1-64,91-92H. The van der Waals surface area contributed by atoms with Gasteiger partial charge in [-0.15, -0.1) is 0 Å². The Morgan fingerprint density at radius 2 is 0.276 bits per heavy atom. The summed E-state index contributed by atoms with van der Waals surface area (Å²) in [5.74, 6) is 0.